The molecule has 0 saturated carbocycles. The molecule has 1 fully saturated rings. The molecule has 4 heteroatoms. The highest BCUT2D eigenvalue weighted by atomic mass is 16.5. The van der Waals surface area contributed by atoms with Gasteiger partial charge >= 0.3 is 5.97 Å². The van der Waals surface area contributed by atoms with Gasteiger partial charge in [0.2, 0.25) is 0 Å². The number of benzene rings is 1. The first-order chi connectivity index (χ1) is 9.51. The molecule has 20 heavy (non-hydrogen) atoms. The number of nitrogens with one attached hydrogen (secondary N) is 1. The average molecular weight is 277 g/mol. The van der Waals surface area contributed by atoms with Crippen LogP contribution in [0.2, 0.25) is 0 Å². The van der Waals surface area contributed by atoms with E-state index in [2.05, 4.69) is 37.4 Å². The molecule has 1 aliphatic heterocycles. The van der Waals surface area contributed by atoms with Gasteiger partial charge in [-0.25, -0.2) is 0 Å². The summed E-state index contributed by atoms with van der Waals surface area (Å²) in [5, 5.41) is 3.13. The second-order valence-corrected chi connectivity index (χ2v) is 5.64. The van der Waals surface area contributed by atoms with E-state index in [-0.39, 0.29) is 18.1 Å². The van der Waals surface area contributed by atoms with Crippen molar-refractivity contribution >= 4 is 5.97 Å². The van der Waals surface area contributed by atoms with E-state index in [1.165, 1.54) is 12.7 Å². The van der Waals surface area contributed by atoms with Crippen molar-refractivity contribution in [2.75, 3.05) is 13.7 Å². The van der Waals surface area contributed by atoms with Crippen molar-refractivity contribution in [3.63, 3.8) is 0 Å². The summed E-state index contributed by atoms with van der Waals surface area (Å²) in [4.78, 5) is 11.5. The third-order valence-corrected chi connectivity index (χ3v) is 3.75. The van der Waals surface area contributed by atoms with E-state index < -0.39 is 0 Å². The smallest absolute Gasteiger partial charge is 0.323 e. The van der Waals surface area contributed by atoms with Crippen LogP contribution in [0.5, 0.6) is 5.75 Å². The largest absolute Gasteiger partial charge is 0.489 e. The first-order valence-corrected chi connectivity index (χ1v) is 7.09. The minimum atomic E-state index is -0.251. The summed E-state index contributed by atoms with van der Waals surface area (Å²) < 4.78 is 10.8. The Morgan fingerprint density at radius 3 is 2.80 bits per heavy atom. The Morgan fingerprint density at radius 1 is 1.40 bits per heavy atom. The van der Waals surface area contributed by atoms with Crippen LogP contribution in [0.25, 0.3) is 0 Å². The zero-order valence-electron chi connectivity index (χ0n) is 12.6. The van der Waals surface area contributed by atoms with E-state index >= 15 is 0 Å². The molecule has 0 aromatic heterocycles. The van der Waals surface area contributed by atoms with E-state index in [9.17, 15) is 4.79 Å². The van der Waals surface area contributed by atoms with E-state index in [0.717, 1.165) is 11.3 Å². The lowest BCUT2D eigenvalue weighted by molar-refractivity contribution is -0.142. The molecule has 0 amide bonds. The Hall–Kier alpha value is -1.55. The molecule has 4 nitrogen and oxygen atoms in total. The molecule has 1 N–H and O–H groups in total. The van der Waals surface area contributed by atoms with Crippen molar-refractivity contribution in [1.29, 1.82) is 0 Å². The van der Waals surface area contributed by atoms with E-state index in [1.807, 2.05) is 6.92 Å². The predicted octanol–water partition coefficient (Wildman–Crippen LogP) is 2.40. The fraction of sp³-hybridized carbons (Fsp3) is 0.562. The second-order valence-electron chi connectivity index (χ2n) is 5.64. The summed E-state index contributed by atoms with van der Waals surface area (Å²) in [6, 6.07) is 6.08. The molecule has 2 unspecified atom stereocenters. The van der Waals surface area contributed by atoms with Crippen LogP contribution in [-0.4, -0.2) is 31.8 Å². The summed E-state index contributed by atoms with van der Waals surface area (Å²) in [5.74, 6) is 1.17. The normalized spacial score (nSPS) is 22.1. The number of carbonyl (C=O) groups is 1. The molecular formula is C16H23NO3. The van der Waals surface area contributed by atoms with Gasteiger partial charge in [-0.1, -0.05) is 26.0 Å². The number of aryl methyl sites for hydroxylation is 1. The lowest BCUT2D eigenvalue weighted by Gasteiger charge is -2.17. The highest BCUT2D eigenvalue weighted by Crippen LogP contribution is 2.26. The summed E-state index contributed by atoms with van der Waals surface area (Å²) in [5.41, 5.74) is 2.39. The average Bonchev–Trinajstić information content (AvgIpc) is 2.88. The third-order valence-electron chi connectivity index (χ3n) is 3.75. The van der Waals surface area contributed by atoms with Gasteiger partial charge < -0.3 is 14.8 Å². The van der Waals surface area contributed by atoms with Crippen LogP contribution in [0.1, 0.15) is 37.3 Å². The maximum absolute atomic E-state index is 11.5. The topological polar surface area (TPSA) is 47.6 Å². The molecule has 2 rings (SSSR count). The maximum Gasteiger partial charge on any atom is 0.323 e. The van der Waals surface area contributed by atoms with Crippen LogP contribution in [0, 0.1) is 6.92 Å². The Kier molecular flexibility index (Phi) is 4.65. The lowest BCUT2D eigenvalue weighted by atomic mass is 10.0. The van der Waals surface area contributed by atoms with Gasteiger partial charge in [0.15, 0.2) is 0 Å². The monoisotopic (exact) mass is 277 g/mol. The minimum Gasteiger partial charge on any atom is -0.489 e. The molecule has 1 aromatic rings. The molecule has 1 aromatic carbocycles. The molecule has 110 valence electrons. The van der Waals surface area contributed by atoms with Gasteiger partial charge in [-0.3, -0.25) is 4.79 Å². The SMILES string of the molecule is COC(=O)C1CC(Oc2cc(C(C)C)ccc2C)CN1. The van der Waals surface area contributed by atoms with Crippen molar-refractivity contribution in [3.8, 4) is 5.75 Å². The molecule has 0 spiro atoms. The van der Waals surface area contributed by atoms with E-state index in [0.29, 0.717) is 18.9 Å². The Balaban J connectivity index is 2.04. The minimum absolute atomic E-state index is 0.0141. The van der Waals surface area contributed by atoms with Crippen molar-refractivity contribution in [2.24, 2.45) is 0 Å². The van der Waals surface area contributed by atoms with Crippen LogP contribution in [0.3, 0.4) is 0 Å². The fourth-order valence-electron chi connectivity index (χ4n) is 2.40. The van der Waals surface area contributed by atoms with Crippen molar-refractivity contribution in [2.45, 2.75) is 45.3 Å². The molecule has 1 heterocycles. The Labute approximate surface area is 120 Å². The summed E-state index contributed by atoms with van der Waals surface area (Å²) >= 11 is 0. The molecule has 0 radical (unpaired) electrons. The van der Waals surface area contributed by atoms with Crippen LogP contribution in [0.15, 0.2) is 18.2 Å². The van der Waals surface area contributed by atoms with Crippen molar-refractivity contribution < 1.29 is 14.3 Å². The van der Waals surface area contributed by atoms with E-state index in [4.69, 9.17) is 9.47 Å². The quantitative estimate of drug-likeness (QED) is 0.859. The van der Waals surface area contributed by atoms with Gasteiger partial charge in [0.05, 0.1) is 7.11 Å². The van der Waals surface area contributed by atoms with Gasteiger partial charge in [-0.15, -0.1) is 0 Å². The van der Waals surface area contributed by atoms with Gasteiger partial charge in [-0.05, 0) is 30.0 Å². The van der Waals surface area contributed by atoms with Crippen LogP contribution < -0.4 is 10.1 Å². The molecule has 2 atom stereocenters. The molecule has 1 aliphatic rings. The van der Waals surface area contributed by atoms with Gasteiger partial charge in [0.25, 0.3) is 0 Å². The predicted molar refractivity (Wildman–Crippen MR) is 78.1 cm³/mol. The van der Waals surface area contributed by atoms with Crippen LogP contribution in [0.4, 0.5) is 0 Å². The van der Waals surface area contributed by atoms with E-state index in [1.54, 1.807) is 0 Å². The number of esters is 1. The Morgan fingerprint density at radius 2 is 2.15 bits per heavy atom. The molecule has 0 bridgehead atoms. The second kappa shape index (κ2) is 6.27. The van der Waals surface area contributed by atoms with Crippen molar-refractivity contribution in [3.05, 3.63) is 29.3 Å². The summed E-state index contributed by atoms with van der Waals surface area (Å²) in [6.07, 6.45) is 0.665. The highest BCUT2D eigenvalue weighted by molar-refractivity contribution is 5.76. The molecular weight excluding hydrogens is 254 g/mol. The molecule has 1 saturated heterocycles. The number of ether oxygens (including phenoxy) is 2. The van der Waals surface area contributed by atoms with Crippen molar-refractivity contribution in [1.82, 2.24) is 5.32 Å². The standard InChI is InChI=1S/C16H23NO3/c1-10(2)12-6-5-11(3)15(7-12)20-13-8-14(17-9-13)16(18)19-4/h5-7,10,13-14,17H,8-9H2,1-4H3. The number of methoxy groups -OCH3 is 1. The Bertz CT molecular complexity index is 485. The van der Waals surface area contributed by atoms with Crippen LogP contribution >= 0.6 is 0 Å². The summed E-state index contributed by atoms with van der Waals surface area (Å²) in [6.45, 7) is 7.04. The van der Waals surface area contributed by atoms with Crippen LogP contribution in [-0.2, 0) is 9.53 Å². The van der Waals surface area contributed by atoms with Gasteiger partial charge in [-0.2, -0.15) is 0 Å². The lowest BCUT2D eigenvalue weighted by Crippen LogP contribution is -2.31. The summed E-state index contributed by atoms with van der Waals surface area (Å²) in [7, 11) is 1.41. The zero-order chi connectivity index (χ0) is 14.7. The number of hydrogen-bond donors (Lipinski definition) is 1. The fourth-order valence-corrected chi connectivity index (χ4v) is 2.40. The highest BCUT2D eigenvalue weighted by Gasteiger charge is 2.31. The van der Waals surface area contributed by atoms with Gasteiger partial charge in [0, 0.05) is 13.0 Å². The number of carbonyl (C=O) groups excluding carboxylic acids is 1. The number of hydrogen-bond acceptors (Lipinski definition) is 4. The number of rotatable bonds is 4. The third kappa shape index (κ3) is 3.31. The maximum atomic E-state index is 11.5. The zero-order valence-corrected chi connectivity index (χ0v) is 12.6. The first kappa shape index (κ1) is 14.9. The first-order valence-electron chi connectivity index (χ1n) is 7.09. The molecule has 0 aliphatic carbocycles. The van der Waals surface area contributed by atoms with Gasteiger partial charge in [0.1, 0.15) is 17.9 Å².